The van der Waals surface area contributed by atoms with Crippen molar-refractivity contribution < 1.29 is 23.9 Å². The van der Waals surface area contributed by atoms with Crippen molar-refractivity contribution in [3.63, 3.8) is 0 Å². The summed E-state index contributed by atoms with van der Waals surface area (Å²) in [6.07, 6.45) is -1.03. The number of nitrogens with one attached hydrogen (secondary N) is 1. The van der Waals surface area contributed by atoms with E-state index in [1.165, 1.54) is 6.92 Å². The molecule has 0 aromatic heterocycles. The van der Waals surface area contributed by atoms with Gasteiger partial charge in [0.25, 0.3) is 0 Å². The fraction of sp³-hybridized carbons (Fsp3) is 0.286. The number of Topliss-reactive ketones (excluding diaryl/α,β-unsaturated/α-hetero) is 1. The second-order valence-corrected chi connectivity index (χ2v) is 5.87. The number of hydrogen-bond donors (Lipinski definition) is 1. The number of anilines is 1. The normalized spacial score (nSPS) is 11.3. The van der Waals surface area contributed by atoms with Crippen LogP contribution >= 0.6 is 0 Å². The Morgan fingerprint density at radius 3 is 2.26 bits per heavy atom. The lowest BCUT2D eigenvalue weighted by molar-refractivity contribution is -0.147. The van der Waals surface area contributed by atoms with Gasteiger partial charge in [-0.3, -0.25) is 14.4 Å². The zero-order valence-corrected chi connectivity index (χ0v) is 15.4. The van der Waals surface area contributed by atoms with Crippen molar-refractivity contribution in [3.8, 4) is 5.75 Å². The average molecular weight is 369 g/mol. The summed E-state index contributed by atoms with van der Waals surface area (Å²) in [4.78, 5) is 36.0. The fourth-order valence-electron chi connectivity index (χ4n) is 2.39. The highest BCUT2D eigenvalue weighted by molar-refractivity contribution is 6.00. The third kappa shape index (κ3) is 6.58. The van der Waals surface area contributed by atoms with Gasteiger partial charge in [0.2, 0.25) is 11.7 Å². The van der Waals surface area contributed by atoms with Crippen LogP contribution in [0, 0.1) is 0 Å². The summed E-state index contributed by atoms with van der Waals surface area (Å²) in [5.74, 6) is -0.453. The Morgan fingerprint density at radius 1 is 0.963 bits per heavy atom. The summed E-state index contributed by atoms with van der Waals surface area (Å²) in [6.45, 7) is 3.98. The summed E-state index contributed by atoms with van der Waals surface area (Å²) in [6, 6.07) is 15.6. The van der Waals surface area contributed by atoms with E-state index in [9.17, 15) is 14.4 Å². The SMILES string of the molecule is CCOc1ccc(NC(=O)CCC(=O)OC(C)C(=O)c2ccccc2)cc1. The predicted molar refractivity (Wildman–Crippen MR) is 102 cm³/mol. The number of carbonyl (C=O) groups is 3. The lowest BCUT2D eigenvalue weighted by atomic mass is 10.1. The van der Waals surface area contributed by atoms with E-state index < -0.39 is 12.1 Å². The van der Waals surface area contributed by atoms with Gasteiger partial charge in [-0.1, -0.05) is 30.3 Å². The molecule has 1 N–H and O–H groups in total. The Balaban J connectivity index is 1.75. The van der Waals surface area contributed by atoms with Gasteiger partial charge >= 0.3 is 5.97 Å². The number of esters is 1. The Bertz CT molecular complexity index is 771. The van der Waals surface area contributed by atoms with Crippen molar-refractivity contribution in [2.45, 2.75) is 32.8 Å². The summed E-state index contributed by atoms with van der Waals surface area (Å²) >= 11 is 0. The van der Waals surface area contributed by atoms with Crippen LogP contribution in [0.4, 0.5) is 5.69 Å². The molecule has 0 aliphatic heterocycles. The number of carbonyl (C=O) groups excluding carboxylic acids is 3. The molecule has 2 aromatic carbocycles. The fourth-order valence-corrected chi connectivity index (χ4v) is 2.39. The Labute approximate surface area is 158 Å². The zero-order chi connectivity index (χ0) is 19.6. The van der Waals surface area contributed by atoms with Crippen molar-refractivity contribution in [2.24, 2.45) is 0 Å². The number of amides is 1. The van der Waals surface area contributed by atoms with Crippen LogP contribution < -0.4 is 10.1 Å². The van der Waals surface area contributed by atoms with Gasteiger partial charge in [-0.2, -0.15) is 0 Å². The van der Waals surface area contributed by atoms with Crippen molar-refractivity contribution in [1.82, 2.24) is 0 Å². The molecular formula is C21H23NO5. The summed E-state index contributed by atoms with van der Waals surface area (Å²) in [7, 11) is 0. The quantitative estimate of drug-likeness (QED) is 0.539. The predicted octanol–water partition coefficient (Wildman–Crippen LogP) is 3.62. The standard InChI is InChI=1S/C21H23NO5/c1-3-26-18-11-9-17(10-12-18)22-19(23)13-14-20(24)27-15(2)21(25)16-7-5-4-6-8-16/h4-12,15H,3,13-14H2,1-2H3,(H,22,23). The van der Waals surface area contributed by atoms with E-state index in [1.54, 1.807) is 54.6 Å². The van der Waals surface area contributed by atoms with E-state index in [-0.39, 0.29) is 24.5 Å². The molecule has 0 fully saturated rings. The van der Waals surface area contributed by atoms with Gasteiger partial charge in [-0.25, -0.2) is 0 Å². The van der Waals surface area contributed by atoms with E-state index in [2.05, 4.69) is 5.32 Å². The van der Waals surface area contributed by atoms with Crippen LogP contribution in [-0.4, -0.2) is 30.4 Å². The molecule has 1 atom stereocenters. The minimum absolute atomic E-state index is 0.0295. The summed E-state index contributed by atoms with van der Waals surface area (Å²) < 4.78 is 10.5. The van der Waals surface area contributed by atoms with E-state index in [4.69, 9.17) is 9.47 Å². The third-order valence-electron chi connectivity index (χ3n) is 3.74. The minimum Gasteiger partial charge on any atom is -0.494 e. The van der Waals surface area contributed by atoms with Crippen molar-refractivity contribution in [3.05, 3.63) is 60.2 Å². The monoisotopic (exact) mass is 369 g/mol. The van der Waals surface area contributed by atoms with Crippen LogP contribution in [0.3, 0.4) is 0 Å². The Hall–Kier alpha value is -3.15. The maximum atomic E-state index is 12.2. The minimum atomic E-state index is -0.894. The number of rotatable bonds is 9. The highest BCUT2D eigenvalue weighted by Gasteiger charge is 2.19. The lowest BCUT2D eigenvalue weighted by Crippen LogP contribution is -2.25. The van der Waals surface area contributed by atoms with Crippen LogP contribution in [-0.2, 0) is 14.3 Å². The van der Waals surface area contributed by atoms with E-state index >= 15 is 0 Å². The summed E-state index contributed by atoms with van der Waals surface area (Å²) in [5, 5.41) is 2.70. The molecule has 0 aliphatic carbocycles. The maximum absolute atomic E-state index is 12.2. The highest BCUT2D eigenvalue weighted by atomic mass is 16.5. The van der Waals surface area contributed by atoms with Crippen molar-refractivity contribution in [1.29, 1.82) is 0 Å². The molecule has 1 amide bonds. The van der Waals surface area contributed by atoms with Gasteiger partial charge in [0.05, 0.1) is 13.0 Å². The van der Waals surface area contributed by atoms with E-state index in [0.29, 0.717) is 17.9 Å². The molecule has 0 spiro atoms. The Morgan fingerprint density at radius 2 is 1.63 bits per heavy atom. The third-order valence-corrected chi connectivity index (χ3v) is 3.74. The van der Waals surface area contributed by atoms with Crippen LogP contribution in [0.25, 0.3) is 0 Å². The highest BCUT2D eigenvalue weighted by Crippen LogP contribution is 2.16. The first-order valence-corrected chi connectivity index (χ1v) is 8.81. The van der Waals surface area contributed by atoms with Crippen LogP contribution in [0.5, 0.6) is 5.75 Å². The molecule has 6 heteroatoms. The molecule has 142 valence electrons. The van der Waals surface area contributed by atoms with Crippen molar-refractivity contribution >= 4 is 23.3 Å². The first-order valence-electron chi connectivity index (χ1n) is 8.81. The van der Waals surface area contributed by atoms with E-state index in [0.717, 1.165) is 5.75 Å². The number of benzene rings is 2. The molecule has 1 unspecified atom stereocenters. The zero-order valence-electron chi connectivity index (χ0n) is 15.4. The molecule has 0 saturated heterocycles. The molecule has 0 heterocycles. The van der Waals surface area contributed by atoms with Crippen LogP contribution in [0.1, 0.15) is 37.0 Å². The second kappa shape index (κ2) is 10.1. The first kappa shape index (κ1) is 20.2. The molecule has 2 aromatic rings. The van der Waals surface area contributed by atoms with Gasteiger partial charge in [-0.05, 0) is 38.1 Å². The first-order chi connectivity index (χ1) is 13.0. The molecular weight excluding hydrogens is 346 g/mol. The number of hydrogen-bond acceptors (Lipinski definition) is 5. The Kier molecular flexibility index (Phi) is 7.55. The van der Waals surface area contributed by atoms with Gasteiger partial charge in [0, 0.05) is 17.7 Å². The van der Waals surface area contributed by atoms with Crippen LogP contribution in [0.15, 0.2) is 54.6 Å². The molecule has 0 saturated carbocycles. The number of ketones is 1. The van der Waals surface area contributed by atoms with Crippen LogP contribution in [0.2, 0.25) is 0 Å². The van der Waals surface area contributed by atoms with Crippen molar-refractivity contribution in [2.75, 3.05) is 11.9 Å². The largest absolute Gasteiger partial charge is 0.494 e. The van der Waals surface area contributed by atoms with Gasteiger partial charge < -0.3 is 14.8 Å². The molecule has 6 nitrogen and oxygen atoms in total. The smallest absolute Gasteiger partial charge is 0.307 e. The summed E-state index contributed by atoms with van der Waals surface area (Å²) in [5.41, 5.74) is 1.09. The molecule has 0 bridgehead atoms. The second-order valence-electron chi connectivity index (χ2n) is 5.87. The lowest BCUT2D eigenvalue weighted by Gasteiger charge is -2.12. The average Bonchev–Trinajstić information content (AvgIpc) is 2.68. The molecule has 0 aliphatic rings. The topological polar surface area (TPSA) is 81.7 Å². The van der Waals surface area contributed by atoms with Gasteiger partial charge in [0.15, 0.2) is 6.10 Å². The van der Waals surface area contributed by atoms with E-state index in [1.807, 2.05) is 6.92 Å². The molecule has 2 rings (SSSR count). The molecule has 0 radical (unpaired) electrons. The molecule has 27 heavy (non-hydrogen) atoms. The number of ether oxygens (including phenoxy) is 2. The van der Waals surface area contributed by atoms with Gasteiger partial charge in [-0.15, -0.1) is 0 Å². The van der Waals surface area contributed by atoms with Gasteiger partial charge in [0.1, 0.15) is 5.75 Å². The maximum Gasteiger partial charge on any atom is 0.307 e.